The van der Waals surface area contributed by atoms with Gasteiger partial charge in [-0.25, -0.2) is 0 Å². The van der Waals surface area contributed by atoms with Gasteiger partial charge in [0, 0.05) is 12.8 Å². The number of carbonyl (C=O) groups excluding carboxylic acids is 1. The van der Waals surface area contributed by atoms with Crippen molar-refractivity contribution >= 4 is 5.78 Å². The molecule has 1 aliphatic rings. The monoisotopic (exact) mass is 216 g/mol. The Hall–Kier alpha value is -1.41. The Morgan fingerprint density at radius 1 is 1.38 bits per heavy atom. The van der Waals surface area contributed by atoms with Gasteiger partial charge in [-0.1, -0.05) is 36.4 Å². The Labute approximate surface area is 95.6 Å². The lowest BCUT2D eigenvalue weighted by Crippen LogP contribution is -2.39. The smallest absolute Gasteiger partial charge is 0.169 e. The average Bonchev–Trinajstić information content (AvgIpc) is 2.32. The van der Waals surface area contributed by atoms with Gasteiger partial charge in [-0.05, 0) is 24.5 Å². The summed E-state index contributed by atoms with van der Waals surface area (Å²) in [6.07, 6.45) is 5.26. The minimum Gasteiger partial charge on any atom is -0.377 e. The van der Waals surface area contributed by atoms with Crippen molar-refractivity contribution in [2.24, 2.45) is 0 Å². The number of fused-ring (bicyclic) bond motifs is 1. The number of ketones is 1. The van der Waals surface area contributed by atoms with E-state index >= 15 is 0 Å². The number of hydrogen-bond acceptors (Lipinski definition) is 2. The largest absolute Gasteiger partial charge is 0.377 e. The topological polar surface area (TPSA) is 37.3 Å². The van der Waals surface area contributed by atoms with Crippen LogP contribution in [0.25, 0.3) is 0 Å². The van der Waals surface area contributed by atoms with Crippen LogP contribution in [0.5, 0.6) is 0 Å². The average molecular weight is 216 g/mol. The third-order valence-electron chi connectivity index (χ3n) is 3.19. The number of allylic oxidation sites excluding steroid dienone is 1. The Bertz CT molecular complexity index is 434. The van der Waals surface area contributed by atoms with E-state index in [1.165, 1.54) is 0 Å². The minimum atomic E-state index is -1.30. The molecular weight excluding hydrogens is 200 g/mol. The van der Waals surface area contributed by atoms with Crippen molar-refractivity contribution in [1.29, 1.82) is 0 Å². The van der Waals surface area contributed by atoms with E-state index < -0.39 is 5.60 Å². The highest BCUT2D eigenvalue weighted by molar-refractivity contribution is 5.90. The molecule has 0 radical (unpaired) electrons. The van der Waals surface area contributed by atoms with E-state index in [1.54, 1.807) is 0 Å². The number of benzene rings is 1. The molecule has 1 N–H and O–H groups in total. The number of aliphatic hydroxyl groups is 1. The van der Waals surface area contributed by atoms with Crippen LogP contribution >= 0.6 is 0 Å². The normalized spacial score (nSPS) is 24.8. The molecule has 1 aromatic carbocycles. The summed E-state index contributed by atoms with van der Waals surface area (Å²) < 4.78 is 0. The van der Waals surface area contributed by atoms with Crippen molar-refractivity contribution in [2.75, 3.05) is 0 Å². The third-order valence-corrected chi connectivity index (χ3v) is 3.19. The van der Waals surface area contributed by atoms with Crippen LogP contribution < -0.4 is 0 Å². The molecule has 16 heavy (non-hydrogen) atoms. The van der Waals surface area contributed by atoms with E-state index in [0.29, 0.717) is 12.8 Å². The van der Waals surface area contributed by atoms with Crippen molar-refractivity contribution in [2.45, 2.75) is 31.8 Å². The van der Waals surface area contributed by atoms with Crippen LogP contribution in [0.2, 0.25) is 0 Å². The molecule has 1 aromatic rings. The number of aryl methyl sites for hydroxylation is 1. The minimum absolute atomic E-state index is 0.0655. The quantitative estimate of drug-likeness (QED) is 0.770. The maximum absolute atomic E-state index is 11.9. The molecule has 2 heteroatoms. The summed E-state index contributed by atoms with van der Waals surface area (Å²) in [6.45, 7) is 1.89. The van der Waals surface area contributed by atoms with E-state index in [0.717, 1.165) is 17.5 Å². The molecule has 2 rings (SSSR count). The van der Waals surface area contributed by atoms with E-state index in [2.05, 4.69) is 0 Å². The highest BCUT2D eigenvalue weighted by Gasteiger charge is 2.40. The van der Waals surface area contributed by atoms with Crippen molar-refractivity contribution in [1.82, 2.24) is 0 Å². The second kappa shape index (κ2) is 4.22. The van der Waals surface area contributed by atoms with Gasteiger partial charge >= 0.3 is 0 Å². The lowest BCUT2D eigenvalue weighted by atomic mass is 9.76. The zero-order chi connectivity index (χ0) is 11.6. The summed E-state index contributed by atoms with van der Waals surface area (Å²) in [6, 6.07) is 7.67. The van der Waals surface area contributed by atoms with Crippen LogP contribution in [-0.4, -0.2) is 10.9 Å². The summed E-state index contributed by atoms with van der Waals surface area (Å²) >= 11 is 0. The van der Waals surface area contributed by atoms with E-state index in [4.69, 9.17) is 0 Å². The Morgan fingerprint density at radius 3 is 2.88 bits per heavy atom. The number of Topliss-reactive ketones (excluding diaryl/α,β-unsaturated/α-hetero) is 1. The van der Waals surface area contributed by atoms with Gasteiger partial charge in [-0.15, -0.1) is 0 Å². The van der Waals surface area contributed by atoms with Crippen molar-refractivity contribution in [3.63, 3.8) is 0 Å². The predicted molar refractivity (Wildman–Crippen MR) is 63.1 cm³/mol. The first kappa shape index (κ1) is 11.1. The first-order valence-electron chi connectivity index (χ1n) is 5.63. The Morgan fingerprint density at radius 2 is 2.12 bits per heavy atom. The molecule has 1 aliphatic carbocycles. The first-order valence-corrected chi connectivity index (χ1v) is 5.63. The summed E-state index contributed by atoms with van der Waals surface area (Å²) in [7, 11) is 0. The summed E-state index contributed by atoms with van der Waals surface area (Å²) in [5.41, 5.74) is 0.569. The molecule has 0 amide bonds. The van der Waals surface area contributed by atoms with E-state index in [-0.39, 0.29) is 5.78 Å². The van der Waals surface area contributed by atoms with Crippen molar-refractivity contribution in [3.8, 4) is 0 Å². The lowest BCUT2D eigenvalue weighted by Gasteiger charge is -2.32. The lowest BCUT2D eigenvalue weighted by molar-refractivity contribution is -0.139. The molecule has 0 saturated carbocycles. The zero-order valence-electron chi connectivity index (χ0n) is 9.44. The number of carbonyl (C=O) groups is 1. The van der Waals surface area contributed by atoms with Gasteiger partial charge in [0.1, 0.15) is 0 Å². The van der Waals surface area contributed by atoms with Crippen LogP contribution in [0, 0.1) is 0 Å². The summed E-state index contributed by atoms with van der Waals surface area (Å²) in [5, 5.41) is 10.5. The maximum Gasteiger partial charge on any atom is 0.169 e. The molecule has 84 valence electrons. The van der Waals surface area contributed by atoms with E-state index in [9.17, 15) is 9.90 Å². The van der Waals surface area contributed by atoms with Gasteiger partial charge in [0.25, 0.3) is 0 Å². The molecule has 0 heterocycles. The van der Waals surface area contributed by atoms with Gasteiger partial charge in [0.05, 0.1) is 0 Å². The summed E-state index contributed by atoms with van der Waals surface area (Å²) in [4.78, 5) is 11.9. The third kappa shape index (κ3) is 1.69. The van der Waals surface area contributed by atoms with E-state index in [1.807, 2.05) is 43.3 Å². The van der Waals surface area contributed by atoms with Gasteiger partial charge in [0.15, 0.2) is 11.4 Å². The standard InChI is InChI=1S/C14H16O2/c1-2-3-10-14(16)12-7-5-4-6-11(12)8-9-13(14)15/h2-7,16H,8-10H2,1H3/b3-2-/t14-/m0/s1. The first-order chi connectivity index (χ1) is 7.68. The van der Waals surface area contributed by atoms with Crippen LogP contribution in [0.1, 0.15) is 30.9 Å². The van der Waals surface area contributed by atoms with Gasteiger partial charge in [-0.2, -0.15) is 0 Å². The maximum atomic E-state index is 11.9. The predicted octanol–water partition coefficient (Wildman–Crippen LogP) is 2.36. The Kier molecular flexibility index (Phi) is 2.92. The number of hydrogen-bond donors (Lipinski definition) is 1. The highest BCUT2D eigenvalue weighted by Crippen LogP contribution is 2.35. The second-order valence-electron chi connectivity index (χ2n) is 4.21. The zero-order valence-corrected chi connectivity index (χ0v) is 9.44. The molecule has 2 nitrogen and oxygen atoms in total. The molecule has 1 atom stereocenters. The molecule has 0 bridgehead atoms. The van der Waals surface area contributed by atoms with Gasteiger partial charge < -0.3 is 5.11 Å². The van der Waals surface area contributed by atoms with Crippen molar-refractivity contribution < 1.29 is 9.90 Å². The van der Waals surface area contributed by atoms with Crippen LogP contribution in [0.15, 0.2) is 36.4 Å². The summed E-state index contributed by atoms with van der Waals surface area (Å²) in [5.74, 6) is -0.0655. The van der Waals surface area contributed by atoms with Crippen LogP contribution in [0.4, 0.5) is 0 Å². The van der Waals surface area contributed by atoms with Crippen LogP contribution in [0.3, 0.4) is 0 Å². The highest BCUT2D eigenvalue weighted by atomic mass is 16.3. The Balaban J connectivity index is 2.47. The molecule has 0 aromatic heterocycles. The van der Waals surface area contributed by atoms with Crippen LogP contribution in [-0.2, 0) is 16.8 Å². The van der Waals surface area contributed by atoms with Gasteiger partial charge in [0.2, 0.25) is 0 Å². The molecule has 0 spiro atoms. The molecule has 0 aliphatic heterocycles. The molecule has 0 saturated heterocycles. The van der Waals surface area contributed by atoms with Gasteiger partial charge in [-0.3, -0.25) is 4.79 Å². The molecule has 0 fully saturated rings. The molecular formula is C14H16O2. The molecule has 0 unspecified atom stereocenters. The fourth-order valence-electron chi connectivity index (χ4n) is 2.26. The fraction of sp³-hybridized carbons (Fsp3) is 0.357. The SMILES string of the molecule is C/C=C\C[C@@]1(O)C(=O)CCc2ccccc21. The van der Waals surface area contributed by atoms with Crippen molar-refractivity contribution in [3.05, 3.63) is 47.5 Å². The second-order valence-corrected chi connectivity index (χ2v) is 4.21. The number of rotatable bonds is 2. The fourth-order valence-corrected chi connectivity index (χ4v) is 2.26.